The van der Waals surface area contributed by atoms with Gasteiger partial charge in [0.25, 0.3) is 0 Å². The minimum absolute atomic E-state index is 0.135. The van der Waals surface area contributed by atoms with Gasteiger partial charge in [-0.3, -0.25) is 4.79 Å². The lowest BCUT2D eigenvalue weighted by molar-refractivity contribution is -0.122. The van der Waals surface area contributed by atoms with Crippen molar-refractivity contribution in [3.63, 3.8) is 0 Å². The Morgan fingerprint density at radius 2 is 1.77 bits per heavy atom. The van der Waals surface area contributed by atoms with Gasteiger partial charge >= 0.3 is 0 Å². The molecule has 1 atom stereocenters. The molecule has 0 aliphatic heterocycles. The van der Waals surface area contributed by atoms with Gasteiger partial charge in [0, 0.05) is 28.6 Å². The number of methoxy groups -OCH3 is 1. The topological polar surface area (TPSA) is 138 Å². The quantitative estimate of drug-likeness (QED) is 0.0369. The number of amides is 1. The molecular weight excluding hydrogens is 588 g/mol. The fourth-order valence-electron chi connectivity index (χ4n) is 6.23. The second kappa shape index (κ2) is 13.8. The van der Waals surface area contributed by atoms with E-state index in [0.717, 1.165) is 75.5 Å². The minimum atomic E-state index is -1.14. The van der Waals surface area contributed by atoms with Crippen LogP contribution in [0.2, 0.25) is 0 Å². The van der Waals surface area contributed by atoms with Crippen LogP contribution in [-0.2, 0) is 21.7 Å². The molecule has 6 rings (SSSR count). The number of fused-ring (bicyclic) bond motifs is 2. The second-order valence-corrected chi connectivity index (χ2v) is 12.0. The zero-order chi connectivity index (χ0) is 32.8. The van der Waals surface area contributed by atoms with Gasteiger partial charge in [0.15, 0.2) is 11.5 Å². The number of benzene rings is 4. The van der Waals surface area contributed by atoms with Gasteiger partial charge in [0.1, 0.15) is 12.0 Å². The van der Waals surface area contributed by atoms with Crippen LogP contribution in [0.1, 0.15) is 49.2 Å². The van der Waals surface area contributed by atoms with E-state index >= 15 is 0 Å². The summed E-state index contributed by atoms with van der Waals surface area (Å²) in [6.07, 6.45) is 6.17. The Morgan fingerprint density at radius 3 is 2.57 bits per heavy atom. The number of nitrogens with zero attached hydrogens (tertiary/aromatic N) is 1. The highest BCUT2D eigenvalue weighted by atomic mass is 16.5. The monoisotopic (exact) mass is 628 g/mol. The van der Waals surface area contributed by atoms with Crippen molar-refractivity contribution in [2.24, 2.45) is 0 Å². The van der Waals surface area contributed by atoms with E-state index in [1.54, 1.807) is 13.3 Å². The summed E-state index contributed by atoms with van der Waals surface area (Å²) >= 11 is 0. The number of carbonyl (C=O) groups excluding carboxylic acids is 2. The number of H-pyrrole nitrogens is 2. The van der Waals surface area contributed by atoms with Crippen LogP contribution in [-0.4, -0.2) is 34.3 Å². The Balaban J connectivity index is 1.39. The van der Waals surface area contributed by atoms with Crippen LogP contribution in [0.25, 0.3) is 32.9 Å². The van der Waals surface area contributed by atoms with Gasteiger partial charge in [-0.05, 0) is 78.9 Å². The number of carbonyl (C=O) groups is 2. The third kappa shape index (κ3) is 6.84. The van der Waals surface area contributed by atoms with E-state index in [4.69, 9.17) is 15.5 Å². The van der Waals surface area contributed by atoms with Crippen molar-refractivity contribution >= 4 is 45.2 Å². The van der Waals surface area contributed by atoms with Crippen molar-refractivity contribution < 1.29 is 14.3 Å². The maximum absolute atomic E-state index is 14.2. The Morgan fingerprint density at radius 1 is 0.957 bits per heavy atom. The lowest BCUT2D eigenvalue weighted by Gasteiger charge is -2.35. The summed E-state index contributed by atoms with van der Waals surface area (Å²) in [5, 5.41) is 10.2. The van der Waals surface area contributed by atoms with Crippen LogP contribution in [0.15, 0.2) is 91.1 Å². The van der Waals surface area contributed by atoms with Crippen molar-refractivity contribution in [3.05, 3.63) is 108 Å². The van der Waals surface area contributed by atoms with E-state index in [-0.39, 0.29) is 12.3 Å². The molecule has 240 valence electrons. The highest BCUT2D eigenvalue weighted by Gasteiger charge is 2.37. The third-order valence-corrected chi connectivity index (χ3v) is 8.74. The molecule has 47 heavy (non-hydrogen) atoms. The highest BCUT2D eigenvalue weighted by Crippen LogP contribution is 2.34. The molecule has 2 aromatic heterocycles. The molecule has 0 unspecified atom stereocenters. The van der Waals surface area contributed by atoms with E-state index in [1.165, 1.54) is 0 Å². The molecule has 0 radical (unpaired) electrons. The first-order chi connectivity index (χ1) is 22.9. The average Bonchev–Trinajstić information content (AvgIpc) is 3.70. The average molecular weight is 629 g/mol. The van der Waals surface area contributed by atoms with Crippen molar-refractivity contribution in [3.8, 4) is 17.0 Å². The van der Waals surface area contributed by atoms with Crippen LogP contribution in [0.5, 0.6) is 5.75 Å². The first kappa shape index (κ1) is 31.4. The van der Waals surface area contributed by atoms with Crippen LogP contribution >= 0.6 is 0 Å². The molecule has 0 saturated heterocycles. The molecule has 0 aliphatic carbocycles. The van der Waals surface area contributed by atoms with Gasteiger partial charge in [-0.1, -0.05) is 55.0 Å². The number of anilines is 2. The van der Waals surface area contributed by atoms with Crippen molar-refractivity contribution in [2.45, 2.75) is 51.1 Å². The number of ether oxygens (including phenoxy) is 1. The van der Waals surface area contributed by atoms with Crippen LogP contribution in [0.3, 0.4) is 0 Å². The summed E-state index contributed by atoms with van der Waals surface area (Å²) in [5.74, 6) is 1.10. The number of aromatic nitrogens is 3. The summed E-state index contributed by atoms with van der Waals surface area (Å²) in [5.41, 5.74) is 11.1. The number of aryl methyl sites for hydroxylation is 1. The number of rotatable bonds is 14. The van der Waals surface area contributed by atoms with Crippen LogP contribution in [0.4, 0.5) is 11.4 Å². The Labute approximate surface area is 273 Å². The first-order valence-electron chi connectivity index (χ1n) is 16.0. The number of hydrogen-bond donors (Lipinski definition) is 5. The van der Waals surface area contributed by atoms with E-state index in [2.05, 4.69) is 50.9 Å². The summed E-state index contributed by atoms with van der Waals surface area (Å²) < 4.78 is 5.47. The molecular formula is C38H40N6O3. The summed E-state index contributed by atoms with van der Waals surface area (Å²) in [4.78, 5) is 37.0. The maximum atomic E-state index is 14.2. The van der Waals surface area contributed by atoms with Crippen molar-refractivity contribution in [2.75, 3.05) is 18.2 Å². The summed E-state index contributed by atoms with van der Waals surface area (Å²) in [7, 11) is 1.63. The van der Waals surface area contributed by atoms with Gasteiger partial charge in [-0.25, -0.2) is 4.98 Å². The number of unbranched alkanes of at least 4 members (excludes halogenated alkanes) is 3. The number of aromatic amines is 2. The molecule has 0 aliphatic rings. The van der Waals surface area contributed by atoms with Gasteiger partial charge < -0.3 is 35.9 Å². The SMILES string of the molecule is COc1ccc2[nH]c(C)c(CC(=O)N[C@](CCCCCC=O)(Nc3ccccc3N)c3ncc(-c4ccc5ccccc5c4)[nH]3)c2c1. The normalized spacial score (nSPS) is 12.6. The molecule has 0 saturated carbocycles. The lowest BCUT2D eigenvalue weighted by atomic mass is 9.97. The van der Waals surface area contributed by atoms with E-state index in [0.29, 0.717) is 30.0 Å². The minimum Gasteiger partial charge on any atom is -0.497 e. The number of para-hydroxylation sites is 2. The predicted molar refractivity (Wildman–Crippen MR) is 188 cm³/mol. The fourth-order valence-corrected chi connectivity index (χ4v) is 6.23. The third-order valence-electron chi connectivity index (χ3n) is 8.74. The number of aldehydes is 1. The van der Waals surface area contributed by atoms with Crippen LogP contribution in [0, 0.1) is 6.92 Å². The number of nitrogens with one attached hydrogen (secondary N) is 4. The zero-order valence-electron chi connectivity index (χ0n) is 26.7. The van der Waals surface area contributed by atoms with E-state index < -0.39 is 5.66 Å². The molecule has 9 heteroatoms. The maximum Gasteiger partial charge on any atom is 0.226 e. The van der Waals surface area contributed by atoms with Gasteiger partial charge in [-0.2, -0.15) is 0 Å². The zero-order valence-corrected chi connectivity index (χ0v) is 26.7. The first-order valence-corrected chi connectivity index (χ1v) is 16.0. The largest absolute Gasteiger partial charge is 0.497 e. The second-order valence-electron chi connectivity index (χ2n) is 12.0. The predicted octanol–water partition coefficient (Wildman–Crippen LogP) is 7.38. The molecule has 1 amide bonds. The molecule has 2 heterocycles. The Kier molecular flexibility index (Phi) is 9.24. The molecule has 0 spiro atoms. The number of nitrogens with two attached hydrogens (primary N) is 1. The van der Waals surface area contributed by atoms with Crippen LogP contribution < -0.4 is 21.1 Å². The molecule has 9 nitrogen and oxygen atoms in total. The molecule has 6 aromatic rings. The molecule has 0 bridgehead atoms. The Hall–Kier alpha value is -5.57. The van der Waals surface area contributed by atoms with Gasteiger partial charge in [0.05, 0.1) is 36.8 Å². The number of nitrogen functional groups attached to an aromatic ring is 1. The van der Waals surface area contributed by atoms with Gasteiger partial charge in [-0.15, -0.1) is 0 Å². The number of imidazole rings is 1. The molecule has 4 aromatic carbocycles. The summed E-state index contributed by atoms with van der Waals surface area (Å²) in [6.45, 7) is 1.97. The lowest BCUT2D eigenvalue weighted by Crippen LogP contribution is -2.53. The van der Waals surface area contributed by atoms with Crippen molar-refractivity contribution in [1.29, 1.82) is 0 Å². The Bertz CT molecular complexity index is 2030. The number of hydrogen-bond acceptors (Lipinski definition) is 6. The smallest absolute Gasteiger partial charge is 0.226 e. The molecule has 0 fully saturated rings. The van der Waals surface area contributed by atoms with E-state index in [1.807, 2.05) is 61.5 Å². The molecule has 6 N–H and O–H groups in total. The highest BCUT2D eigenvalue weighted by molar-refractivity contribution is 5.91. The van der Waals surface area contributed by atoms with Crippen molar-refractivity contribution in [1.82, 2.24) is 20.3 Å². The standard InChI is InChI=1S/C38H40N6O3/c1-25-30(31-22-29(47-2)17-18-33(31)41-25)23-36(46)44-38(19-9-3-4-10-20-45,43-34-14-8-7-13-32(34)39)37-40-24-35(42-37)28-16-15-26-11-5-6-12-27(26)21-28/h5-8,11-18,20-22,24,41,43H,3-4,9-10,19,23,39H2,1-2H3,(H,40,42)(H,44,46)/t38-/m0/s1. The fraction of sp³-hybridized carbons (Fsp3) is 0.237. The summed E-state index contributed by atoms with van der Waals surface area (Å²) in [6, 6.07) is 27.8. The van der Waals surface area contributed by atoms with E-state index in [9.17, 15) is 9.59 Å². The van der Waals surface area contributed by atoms with Gasteiger partial charge in [0.2, 0.25) is 5.91 Å².